The third-order valence-corrected chi connectivity index (χ3v) is 3.66. The first-order valence-electron chi connectivity index (χ1n) is 6.32. The van der Waals surface area contributed by atoms with E-state index in [2.05, 4.69) is 10.2 Å². The molecule has 2 aromatic rings. The van der Waals surface area contributed by atoms with E-state index in [9.17, 15) is 4.39 Å². The molecule has 2 N–H and O–H groups in total. The molecule has 0 saturated heterocycles. The summed E-state index contributed by atoms with van der Waals surface area (Å²) in [6.45, 7) is 0.518. The monoisotopic (exact) mass is 327 g/mol. The average molecular weight is 328 g/mol. The van der Waals surface area contributed by atoms with E-state index in [0.29, 0.717) is 23.0 Å². The van der Waals surface area contributed by atoms with Crippen LogP contribution in [-0.2, 0) is 0 Å². The molecule has 112 valence electrons. The van der Waals surface area contributed by atoms with E-state index in [4.69, 9.17) is 22.1 Å². The van der Waals surface area contributed by atoms with E-state index in [0.717, 1.165) is 12.2 Å². The first-order valence-corrected chi connectivity index (χ1v) is 8.09. The van der Waals surface area contributed by atoms with E-state index in [1.807, 2.05) is 6.26 Å². The summed E-state index contributed by atoms with van der Waals surface area (Å²) in [6, 6.07) is 5.77. The maximum Gasteiger partial charge on any atom is 0.256 e. The SMILES string of the molecule is CSCCCOc1nnc(-c2cc(Cl)ccc2F)cc1N. The van der Waals surface area contributed by atoms with Gasteiger partial charge in [-0.3, -0.25) is 0 Å². The van der Waals surface area contributed by atoms with Crippen LogP contribution >= 0.6 is 23.4 Å². The number of benzene rings is 1. The normalized spacial score (nSPS) is 10.6. The third-order valence-electron chi connectivity index (χ3n) is 2.72. The number of nitrogens with zero attached hydrogens (tertiary/aromatic N) is 2. The van der Waals surface area contributed by atoms with Crippen LogP contribution in [0, 0.1) is 5.82 Å². The van der Waals surface area contributed by atoms with Crippen molar-refractivity contribution < 1.29 is 9.13 Å². The Balaban J connectivity index is 2.16. The molecule has 0 spiro atoms. The van der Waals surface area contributed by atoms with E-state index in [1.165, 1.54) is 24.3 Å². The number of hydrogen-bond donors (Lipinski definition) is 1. The second kappa shape index (κ2) is 7.47. The quantitative estimate of drug-likeness (QED) is 0.821. The van der Waals surface area contributed by atoms with E-state index in [1.54, 1.807) is 11.8 Å². The molecular formula is C14H15ClFN3OS. The van der Waals surface area contributed by atoms with Crippen LogP contribution in [0.25, 0.3) is 11.3 Å². The van der Waals surface area contributed by atoms with Gasteiger partial charge in [-0.2, -0.15) is 11.8 Å². The van der Waals surface area contributed by atoms with Crippen molar-refractivity contribution in [1.29, 1.82) is 0 Å². The van der Waals surface area contributed by atoms with Crippen LogP contribution in [0.2, 0.25) is 5.02 Å². The Bertz CT molecular complexity index is 627. The van der Waals surface area contributed by atoms with Crippen molar-refractivity contribution in [1.82, 2.24) is 10.2 Å². The molecule has 0 amide bonds. The van der Waals surface area contributed by atoms with Gasteiger partial charge in [0.05, 0.1) is 18.0 Å². The Morgan fingerprint density at radius 1 is 1.33 bits per heavy atom. The lowest BCUT2D eigenvalue weighted by atomic mass is 10.1. The lowest BCUT2D eigenvalue weighted by molar-refractivity contribution is 0.305. The molecule has 21 heavy (non-hydrogen) atoms. The minimum atomic E-state index is -0.429. The zero-order chi connectivity index (χ0) is 15.2. The summed E-state index contributed by atoms with van der Waals surface area (Å²) in [5.41, 5.74) is 6.78. The highest BCUT2D eigenvalue weighted by atomic mass is 35.5. The molecule has 1 aromatic carbocycles. The first kappa shape index (κ1) is 15.9. The number of nitrogens with two attached hydrogens (primary N) is 1. The lowest BCUT2D eigenvalue weighted by Gasteiger charge is -2.08. The summed E-state index contributed by atoms with van der Waals surface area (Å²) in [5.74, 6) is 0.836. The highest BCUT2D eigenvalue weighted by Gasteiger charge is 2.11. The van der Waals surface area contributed by atoms with Gasteiger partial charge in [-0.15, -0.1) is 10.2 Å². The van der Waals surface area contributed by atoms with E-state index < -0.39 is 5.82 Å². The second-order valence-corrected chi connectivity index (χ2v) is 5.73. The van der Waals surface area contributed by atoms with Crippen molar-refractivity contribution in [2.45, 2.75) is 6.42 Å². The van der Waals surface area contributed by atoms with Crippen LogP contribution in [0.1, 0.15) is 6.42 Å². The van der Waals surface area contributed by atoms with Crippen LogP contribution < -0.4 is 10.5 Å². The highest BCUT2D eigenvalue weighted by molar-refractivity contribution is 7.98. The number of rotatable bonds is 6. The summed E-state index contributed by atoms with van der Waals surface area (Å²) in [7, 11) is 0. The zero-order valence-corrected chi connectivity index (χ0v) is 13.0. The molecular weight excluding hydrogens is 313 g/mol. The average Bonchev–Trinajstić information content (AvgIpc) is 2.47. The smallest absolute Gasteiger partial charge is 0.256 e. The van der Waals surface area contributed by atoms with Gasteiger partial charge in [-0.25, -0.2) is 4.39 Å². The molecule has 0 radical (unpaired) electrons. The maximum absolute atomic E-state index is 13.8. The summed E-state index contributed by atoms with van der Waals surface area (Å²) < 4.78 is 19.2. The van der Waals surface area contributed by atoms with Gasteiger partial charge in [0.15, 0.2) is 0 Å². The van der Waals surface area contributed by atoms with Gasteiger partial charge >= 0.3 is 0 Å². The van der Waals surface area contributed by atoms with Gasteiger partial charge < -0.3 is 10.5 Å². The van der Waals surface area contributed by atoms with E-state index >= 15 is 0 Å². The van der Waals surface area contributed by atoms with Crippen molar-refractivity contribution >= 4 is 29.1 Å². The highest BCUT2D eigenvalue weighted by Crippen LogP contribution is 2.28. The molecule has 1 heterocycles. The van der Waals surface area contributed by atoms with E-state index in [-0.39, 0.29) is 11.4 Å². The number of halogens is 2. The van der Waals surface area contributed by atoms with Crippen LogP contribution in [0.15, 0.2) is 24.3 Å². The number of nitrogen functional groups attached to an aromatic ring is 1. The molecule has 0 aliphatic rings. The fraction of sp³-hybridized carbons (Fsp3) is 0.286. The standard InChI is InChI=1S/C14H15ClFN3OS/c1-21-6-2-5-20-14-12(17)8-13(18-19-14)10-7-9(15)3-4-11(10)16/h3-4,7-8H,2,5-6H2,1H3,(H2,17,18). The summed E-state index contributed by atoms with van der Waals surface area (Å²) in [5, 5.41) is 8.28. The second-order valence-electron chi connectivity index (χ2n) is 4.31. The summed E-state index contributed by atoms with van der Waals surface area (Å²) in [4.78, 5) is 0. The van der Waals surface area contributed by atoms with Gasteiger partial charge in [0.25, 0.3) is 5.88 Å². The minimum Gasteiger partial charge on any atom is -0.475 e. The Kier molecular flexibility index (Phi) is 5.64. The molecule has 1 aromatic heterocycles. The topological polar surface area (TPSA) is 61.0 Å². The molecule has 0 aliphatic carbocycles. The van der Waals surface area contributed by atoms with Crippen molar-refractivity contribution in [2.24, 2.45) is 0 Å². The Labute approximate surface area is 131 Å². The van der Waals surface area contributed by atoms with Gasteiger partial charge in [-0.1, -0.05) is 11.6 Å². The summed E-state index contributed by atoms with van der Waals surface area (Å²) in [6.07, 6.45) is 2.93. The first-order chi connectivity index (χ1) is 10.1. The van der Waals surface area contributed by atoms with Gasteiger partial charge in [0.1, 0.15) is 5.82 Å². The zero-order valence-electron chi connectivity index (χ0n) is 11.5. The third kappa shape index (κ3) is 4.22. The number of anilines is 1. The van der Waals surface area contributed by atoms with Crippen LogP contribution in [0.5, 0.6) is 5.88 Å². The minimum absolute atomic E-state index is 0.260. The Morgan fingerprint density at radius 3 is 2.86 bits per heavy atom. The molecule has 2 rings (SSSR count). The molecule has 7 heteroatoms. The summed E-state index contributed by atoms with van der Waals surface area (Å²) >= 11 is 7.61. The molecule has 0 bridgehead atoms. The Hall–Kier alpha value is -1.53. The molecule has 0 fully saturated rings. The lowest BCUT2D eigenvalue weighted by Crippen LogP contribution is -2.05. The number of ether oxygens (including phenoxy) is 1. The van der Waals surface area contributed by atoms with Crippen LogP contribution in [0.4, 0.5) is 10.1 Å². The predicted octanol–water partition coefficient (Wildman–Crippen LogP) is 3.65. The predicted molar refractivity (Wildman–Crippen MR) is 85.3 cm³/mol. The maximum atomic E-state index is 13.8. The van der Waals surface area contributed by atoms with Crippen molar-refractivity contribution in [3.63, 3.8) is 0 Å². The number of aromatic nitrogens is 2. The van der Waals surface area contributed by atoms with Crippen LogP contribution in [0.3, 0.4) is 0 Å². The van der Waals surface area contributed by atoms with Gasteiger partial charge in [0.2, 0.25) is 0 Å². The van der Waals surface area contributed by atoms with Crippen molar-refractivity contribution in [2.75, 3.05) is 24.3 Å². The molecule has 0 atom stereocenters. The Morgan fingerprint density at radius 2 is 2.14 bits per heavy atom. The number of thioether (sulfide) groups is 1. The van der Waals surface area contributed by atoms with Gasteiger partial charge in [-0.05, 0) is 42.7 Å². The fourth-order valence-electron chi connectivity index (χ4n) is 1.70. The molecule has 4 nitrogen and oxygen atoms in total. The molecule has 0 unspecified atom stereocenters. The number of hydrogen-bond acceptors (Lipinski definition) is 5. The van der Waals surface area contributed by atoms with Crippen molar-refractivity contribution in [3.8, 4) is 17.1 Å². The van der Waals surface area contributed by atoms with Gasteiger partial charge in [0, 0.05) is 10.6 Å². The van der Waals surface area contributed by atoms with Crippen molar-refractivity contribution in [3.05, 3.63) is 35.1 Å². The largest absolute Gasteiger partial charge is 0.475 e. The molecule has 0 aliphatic heterocycles. The molecule has 0 saturated carbocycles. The fourth-order valence-corrected chi connectivity index (χ4v) is 2.28. The van der Waals surface area contributed by atoms with Crippen LogP contribution in [-0.4, -0.2) is 28.8 Å².